The van der Waals surface area contributed by atoms with E-state index in [1.54, 1.807) is 12.5 Å². The predicted molar refractivity (Wildman–Crippen MR) is 48.3 cm³/mol. The van der Waals surface area contributed by atoms with Crippen LogP contribution in [0.5, 0.6) is 0 Å². The Kier molecular flexibility index (Phi) is 3.17. The van der Waals surface area contributed by atoms with Gasteiger partial charge in [-0.25, -0.2) is 4.99 Å². The first-order valence-corrected chi connectivity index (χ1v) is 3.90. The number of allylic oxidation sites excluding steroid dienone is 1. The molecule has 0 aromatic carbocycles. The molecule has 64 valence electrons. The molecule has 0 aliphatic carbocycles. The molecule has 0 radical (unpaired) electrons. The maximum Gasteiger partial charge on any atom is 0.129 e. The van der Waals surface area contributed by atoms with E-state index in [0.717, 1.165) is 12.2 Å². The van der Waals surface area contributed by atoms with Gasteiger partial charge in [0.25, 0.3) is 0 Å². The molecule has 3 nitrogen and oxygen atoms in total. The van der Waals surface area contributed by atoms with Gasteiger partial charge in [-0.05, 0) is 12.5 Å². The van der Waals surface area contributed by atoms with Crippen molar-refractivity contribution in [1.29, 1.82) is 0 Å². The molecule has 1 heterocycles. The summed E-state index contributed by atoms with van der Waals surface area (Å²) < 4.78 is 5.20. The molecule has 0 aromatic heterocycles. The number of nitrogens with two attached hydrogens (primary N) is 1. The number of nitrogens with zero attached hydrogens (tertiary/aromatic N) is 1. The summed E-state index contributed by atoms with van der Waals surface area (Å²) in [5, 5.41) is 0. The minimum atomic E-state index is 0.355. The topological polar surface area (TPSA) is 47.6 Å². The van der Waals surface area contributed by atoms with Gasteiger partial charge in [0.05, 0.1) is 18.7 Å². The van der Waals surface area contributed by atoms with Crippen LogP contribution in [0.1, 0.15) is 13.3 Å². The molecule has 1 rings (SSSR count). The molecule has 3 heteroatoms. The van der Waals surface area contributed by atoms with Crippen LogP contribution >= 0.6 is 0 Å². The Morgan fingerprint density at radius 1 is 1.83 bits per heavy atom. The summed E-state index contributed by atoms with van der Waals surface area (Å²) >= 11 is 0. The van der Waals surface area contributed by atoms with E-state index in [9.17, 15) is 0 Å². The smallest absolute Gasteiger partial charge is 0.129 e. The molecule has 0 bridgehead atoms. The van der Waals surface area contributed by atoms with Gasteiger partial charge in [0, 0.05) is 11.8 Å². The fraction of sp³-hybridized carbons (Fsp3) is 0.333. The lowest BCUT2D eigenvalue weighted by molar-refractivity contribution is 0.339. The number of hydrogen-bond donors (Lipinski definition) is 1. The lowest BCUT2D eigenvalue weighted by atomic mass is 10.1. The Bertz CT molecular complexity index is 260. The van der Waals surface area contributed by atoms with Crippen LogP contribution in [0.15, 0.2) is 35.5 Å². The normalized spacial score (nSPS) is 23.4. The van der Waals surface area contributed by atoms with Crippen molar-refractivity contribution in [3.63, 3.8) is 0 Å². The van der Waals surface area contributed by atoms with Crippen molar-refractivity contribution in [1.82, 2.24) is 0 Å². The van der Waals surface area contributed by atoms with Gasteiger partial charge < -0.3 is 10.5 Å². The van der Waals surface area contributed by atoms with Crippen molar-refractivity contribution in [3.05, 3.63) is 30.5 Å². The summed E-state index contributed by atoms with van der Waals surface area (Å²) in [5.74, 6) is 3.72. The summed E-state index contributed by atoms with van der Waals surface area (Å²) in [7, 11) is 0. The number of aliphatic imine (C=N–C) groups is 1. The molecule has 0 fully saturated rings. The highest BCUT2D eigenvalue weighted by Gasteiger charge is 2.14. The molecule has 0 saturated heterocycles. The maximum absolute atomic E-state index is 5.20. The van der Waals surface area contributed by atoms with Gasteiger partial charge in [0.2, 0.25) is 0 Å². The zero-order valence-corrected chi connectivity index (χ0v) is 7.03. The van der Waals surface area contributed by atoms with Gasteiger partial charge >= 0.3 is 0 Å². The molecule has 0 amide bonds. The standard InChI is InChI=1S/C9H12N2O/c1-2-8-3-6-12-9(8)7-11-5-4-10/h3-4,6-8H,2,10H2,1H3/b9-7+. The predicted octanol–water partition coefficient (Wildman–Crippen LogP) is 1.54. The van der Waals surface area contributed by atoms with Crippen LogP contribution < -0.4 is 5.73 Å². The van der Waals surface area contributed by atoms with Gasteiger partial charge in [0.15, 0.2) is 0 Å². The molecule has 1 atom stereocenters. The molecule has 0 saturated carbocycles. The van der Waals surface area contributed by atoms with Crippen molar-refractivity contribution >= 4 is 5.87 Å². The molecule has 1 aliphatic heterocycles. The van der Waals surface area contributed by atoms with Crippen LogP contribution in [0, 0.1) is 5.92 Å². The second-order valence-electron chi connectivity index (χ2n) is 2.42. The Morgan fingerprint density at radius 2 is 2.67 bits per heavy atom. The van der Waals surface area contributed by atoms with Crippen LogP contribution in [0.4, 0.5) is 0 Å². The fourth-order valence-corrected chi connectivity index (χ4v) is 1.00. The van der Waals surface area contributed by atoms with Crippen LogP contribution in [-0.2, 0) is 4.74 Å². The van der Waals surface area contributed by atoms with E-state index in [-0.39, 0.29) is 0 Å². The van der Waals surface area contributed by atoms with Crippen molar-refractivity contribution in [2.75, 3.05) is 0 Å². The number of ether oxygens (including phenoxy) is 1. The van der Waals surface area contributed by atoms with Gasteiger partial charge in [-0.1, -0.05) is 6.92 Å². The highest BCUT2D eigenvalue weighted by molar-refractivity contribution is 5.51. The first-order chi connectivity index (χ1) is 5.88. The average Bonchev–Trinajstić information content (AvgIpc) is 2.52. The SMILES string of the molecule is CCC1C=CO/C1=C/N=C=CN. The largest absolute Gasteiger partial charge is 0.467 e. The lowest BCUT2D eigenvalue weighted by Crippen LogP contribution is -1.93. The second kappa shape index (κ2) is 4.42. The van der Waals surface area contributed by atoms with Crippen LogP contribution in [0.25, 0.3) is 0 Å². The number of hydrogen-bond acceptors (Lipinski definition) is 3. The lowest BCUT2D eigenvalue weighted by Gasteiger charge is -2.03. The number of rotatable bonds is 2. The molecule has 0 aromatic rings. The summed E-state index contributed by atoms with van der Waals surface area (Å²) in [6.45, 7) is 2.10. The van der Waals surface area contributed by atoms with E-state index in [1.807, 2.05) is 6.08 Å². The third kappa shape index (κ3) is 2.01. The Morgan fingerprint density at radius 3 is 3.33 bits per heavy atom. The maximum atomic E-state index is 5.20. The molecule has 2 N–H and O–H groups in total. The third-order valence-electron chi connectivity index (χ3n) is 1.66. The van der Waals surface area contributed by atoms with Crippen LogP contribution in [0.3, 0.4) is 0 Å². The van der Waals surface area contributed by atoms with Crippen LogP contribution in [-0.4, -0.2) is 5.87 Å². The van der Waals surface area contributed by atoms with Gasteiger partial charge in [-0.3, -0.25) is 0 Å². The first-order valence-electron chi connectivity index (χ1n) is 3.90. The fourth-order valence-electron chi connectivity index (χ4n) is 1.00. The summed E-state index contributed by atoms with van der Waals surface area (Å²) in [6, 6.07) is 0. The van der Waals surface area contributed by atoms with Crippen LogP contribution in [0.2, 0.25) is 0 Å². The van der Waals surface area contributed by atoms with Gasteiger partial charge in [-0.15, -0.1) is 0 Å². The Balaban J connectivity index is 2.64. The van der Waals surface area contributed by atoms with E-state index in [0.29, 0.717) is 5.92 Å². The summed E-state index contributed by atoms with van der Waals surface area (Å²) in [4.78, 5) is 3.81. The zero-order valence-electron chi connectivity index (χ0n) is 7.03. The summed E-state index contributed by atoms with van der Waals surface area (Å²) in [5.41, 5.74) is 5.06. The van der Waals surface area contributed by atoms with E-state index in [1.165, 1.54) is 6.20 Å². The molecule has 1 unspecified atom stereocenters. The van der Waals surface area contributed by atoms with Gasteiger partial charge in [-0.2, -0.15) is 0 Å². The Hall–Kier alpha value is -1.47. The van der Waals surface area contributed by atoms with Crippen molar-refractivity contribution < 1.29 is 4.74 Å². The molecule has 12 heavy (non-hydrogen) atoms. The van der Waals surface area contributed by atoms with E-state index < -0.39 is 0 Å². The summed E-state index contributed by atoms with van der Waals surface area (Å²) in [6.07, 6.45) is 7.61. The molecule has 0 spiro atoms. The highest BCUT2D eigenvalue weighted by Crippen LogP contribution is 2.23. The minimum Gasteiger partial charge on any atom is -0.467 e. The van der Waals surface area contributed by atoms with E-state index >= 15 is 0 Å². The molecular formula is C9H12N2O. The van der Waals surface area contributed by atoms with E-state index in [2.05, 4.69) is 17.8 Å². The van der Waals surface area contributed by atoms with Crippen molar-refractivity contribution in [2.45, 2.75) is 13.3 Å². The monoisotopic (exact) mass is 164 g/mol. The minimum absolute atomic E-state index is 0.355. The quantitative estimate of drug-likeness (QED) is 0.629. The second-order valence-corrected chi connectivity index (χ2v) is 2.42. The third-order valence-corrected chi connectivity index (χ3v) is 1.66. The Labute approximate surface area is 71.9 Å². The average molecular weight is 164 g/mol. The zero-order chi connectivity index (χ0) is 8.81. The van der Waals surface area contributed by atoms with Gasteiger partial charge in [0.1, 0.15) is 5.76 Å². The van der Waals surface area contributed by atoms with E-state index in [4.69, 9.17) is 10.5 Å². The van der Waals surface area contributed by atoms with Crippen molar-refractivity contribution in [3.8, 4) is 0 Å². The molecular weight excluding hydrogens is 152 g/mol. The first kappa shape index (κ1) is 8.62. The molecule has 1 aliphatic rings. The van der Waals surface area contributed by atoms with Crippen molar-refractivity contribution in [2.24, 2.45) is 16.6 Å². The highest BCUT2D eigenvalue weighted by atomic mass is 16.5.